The summed E-state index contributed by atoms with van der Waals surface area (Å²) < 4.78 is 9.86. The van der Waals surface area contributed by atoms with Crippen molar-refractivity contribution in [2.45, 2.75) is 0 Å². The van der Waals surface area contributed by atoms with Crippen LogP contribution in [0.4, 0.5) is 0 Å². The Labute approximate surface area is 76.3 Å². The molecule has 0 saturated heterocycles. The van der Waals surface area contributed by atoms with Gasteiger partial charge in [-0.2, -0.15) is 0 Å². The van der Waals surface area contributed by atoms with Crippen LogP contribution in [-0.2, 0) is 0 Å². The van der Waals surface area contributed by atoms with E-state index in [9.17, 15) is 4.79 Å². The second-order valence-corrected chi connectivity index (χ2v) is 2.37. The summed E-state index contributed by atoms with van der Waals surface area (Å²) in [6, 6.07) is 4.93. The van der Waals surface area contributed by atoms with Gasteiger partial charge in [0.1, 0.15) is 17.1 Å². The smallest absolute Gasteiger partial charge is 0.277 e. The van der Waals surface area contributed by atoms with Gasteiger partial charge in [0, 0.05) is 0 Å². The van der Waals surface area contributed by atoms with Crippen molar-refractivity contribution in [2.24, 2.45) is 0 Å². The first-order chi connectivity index (χ1) is 6.20. The van der Waals surface area contributed by atoms with Crippen LogP contribution >= 0.6 is 0 Å². The number of carbonyl (C=O) groups excluding carboxylic acids is 1. The predicted octanol–water partition coefficient (Wildman–Crippen LogP) is 1.13. The van der Waals surface area contributed by atoms with Crippen LogP contribution in [0.3, 0.4) is 0 Å². The van der Waals surface area contributed by atoms with Gasteiger partial charge in [-0.15, -0.1) is 0 Å². The summed E-state index contributed by atoms with van der Waals surface area (Å²) in [5.41, 5.74) is 7.17. The number of carbonyl (C=O) groups is 1. The van der Waals surface area contributed by atoms with E-state index in [4.69, 9.17) is 15.2 Å². The molecule has 0 aliphatic heterocycles. The SMILES string of the molecule is COc1cccc(OC)c1C([NH])=O. The molecule has 1 N–H and O–H groups in total. The number of benzene rings is 1. The Morgan fingerprint density at radius 2 is 1.69 bits per heavy atom. The number of nitrogens with one attached hydrogen (secondary N) is 1. The van der Waals surface area contributed by atoms with Crippen molar-refractivity contribution in [2.75, 3.05) is 14.2 Å². The second-order valence-electron chi connectivity index (χ2n) is 2.37. The van der Waals surface area contributed by atoms with Crippen LogP contribution in [0.2, 0.25) is 0 Å². The minimum absolute atomic E-state index is 0.160. The zero-order valence-electron chi connectivity index (χ0n) is 7.46. The summed E-state index contributed by atoms with van der Waals surface area (Å²) in [5, 5.41) is 0. The van der Waals surface area contributed by atoms with Gasteiger partial charge < -0.3 is 9.47 Å². The van der Waals surface area contributed by atoms with Crippen LogP contribution in [0, 0.1) is 0 Å². The Balaban J connectivity index is 3.29. The molecule has 4 heteroatoms. The van der Waals surface area contributed by atoms with Gasteiger partial charge in [0.25, 0.3) is 5.91 Å². The molecule has 1 rings (SSSR count). The van der Waals surface area contributed by atoms with Gasteiger partial charge in [0.15, 0.2) is 0 Å². The lowest BCUT2D eigenvalue weighted by Gasteiger charge is -2.08. The zero-order chi connectivity index (χ0) is 9.84. The lowest BCUT2D eigenvalue weighted by atomic mass is 10.1. The molecule has 0 fully saturated rings. The molecule has 1 aromatic rings. The lowest BCUT2D eigenvalue weighted by molar-refractivity contribution is 0.0986. The Hall–Kier alpha value is -1.71. The van der Waals surface area contributed by atoms with Crippen molar-refractivity contribution in [3.8, 4) is 11.5 Å². The molecule has 1 amide bonds. The summed E-state index contributed by atoms with van der Waals surface area (Å²) in [5.74, 6) is -0.0898. The number of hydrogen-bond donors (Lipinski definition) is 0. The van der Waals surface area contributed by atoms with E-state index in [2.05, 4.69) is 0 Å². The van der Waals surface area contributed by atoms with Gasteiger partial charge >= 0.3 is 0 Å². The fourth-order valence-electron chi connectivity index (χ4n) is 1.07. The highest BCUT2D eigenvalue weighted by Gasteiger charge is 2.14. The highest BCUT2D eigenvalue weighted by Crippen LogP contribution is 2.27. The molecule has 0 atom stereocenters. The van der Waals surface area contributed by atoms with Crippen LogP contribution in [0.1, 0.15) is 10.4 Å². The van der Waals surface area contributed by atoms with Gasteiger partial charge in [-0.05, 0) is 12.1 Å². The van der Waals surface area contributed by atoms with Crippen LogP contribution in [0.5, 0.6) is 11.5 Å². The molecule has 0 saturated carbocycles. The molecule has 69 valence electrons. The number of methoxy groups -OCH3 is 2. The van der Waals surface area contributed by atoms with Gasteiger partial charge in [0.05, 0.1) is 14.2 Å². The molecule has 0 bridgehead atoms. The van der Waals surface area contributed by atoms with Gasteiger partial charge in [0.2, 0.25) is 0 Å². The maximum Gasteiger partial charge on any atom is 0.277 e. The van der Waals surface area contributed by atoms with E-state index in [1.807, 2.05) is 0 Å². The molecular weight excluding hydrogens is 170 g/mol. The normalized spacial score (nSPS) is 9.38. The van der Waals surface area contributed by atoms with Crippen molar-refractivity contribution in [3.05, 3.63) is 23.8 Å². The van der Waals surface area contributed by atoms with E-state index in [0.29, 0.717) is 11.5 Å². The third kappa shape index (κ3) is 1.72. The summed E-state index contributed by atoms with van der Waals surface area (Å²) >= 11 is 0. The van der Waals surface area contributed by atoms with Crippen molar-refractivity contribution in [1.82, 2.24) is 5.73 Å². The Morgan fingerprint density at radius 1 is 1.23 bits per heavy atom. The summed E-state index contributed by atoms with van der Waals surface area (Å²) in [6.45, 7) is 0. The van der Waals surface area contributed by atoms with Crippen molar-refractivity contribution in [1.29, 1.82) is 0 Å². The first-order valence-electron chi connectivity index (χ1n) is 3.67. The van der Waals surface area contributed by atoms with E-state index < -0.39 is 5.91 Å². The quantitative estimate of drug-likeness (QED) is 0.700. The second kappa shape index (κ2) is 3.80. The Bertz CT molecular complexity index is 300. The molecule has 0 heterocycles. The maximum absolute atomic E-state index is 10.9. The first kappa shape index (κ1) is 9.38. The topological polar surface area (TPSA) is 59.3 Å². The molecule has 0 spiro atoms. The average molecular weight is 180 g/mol. The van der Waals surface area contributed by atoms with Crippen LogP contribution < -0.4 is 15.2 Å². The molecule has 0 aromatic heterocycles. The molecule has 0 aliphatic carbocycles. The molecule has 1 aromatic carbocycles. The average Bonchev–Trinajstić information content (AvgIpc) is 2.16. The minimum Gasteiger partial charge on any atom is -0.496 e. The Kier molecular flexibility index (Phi) is 2.74. The third-order valence-electron chi connectivity index (χ3n) is 1.65. The van der Waals surface area contributed by atoms with Crippen molar-refractivity contribution < 1.29 is 14.3 Å². The third-order valence-corrected chi connectivity index (χ3v) is 1.65. The highest BCUT2D eigenvalue weighted by molar-refractivity contribution is 5.98. The summed E-state index contributed by atoms with van der Waals surface area (Å²) in [7, 11) is 2.89. The van der Waals surface area contributed by atoms with E-state index in [1.165, 1.54) is 14.2 Å². The largest absolute Gasteiger partial charge is 0.496 e. The van der Waals surface area contributed by atoms with Gasteiger partial charge in [-0.1, -0.05) is 6.07 Å². The monoisotopic (exact) mass is 180 g/mol. The van der Waals surface area contributed by atoms with Crippen molar-refractivity contribution in [3.63, 3.8) is 0 Å². The molecule has 0 unspecified atom stereocenters. The maximum atomic E-state index is 10.9. The van der Waals surface area contributed by atoms with Gasteiger partial charge in [-0.3, -0.25) is 10.5 Å². The van der Waals surface area contributed by atoms with E-state index >= 15 is 0 Å². The summed E-state index contributed by atoms with van der Waals surface area (Å²) in [6.07, 6.45) is 0. The van der Waals surface area contributed by atoms with Crippen LogP contribution in [0.25, 0.3) is 0 Å². The van der Waals surface area contributed by atoms with E-state index in [0.717, 1.165) is 0 Å². The number of hydrogen-bond acceptors (Lipinski definition) is 3. The number of amides is 1. The number of ether oxygens (including phenoxy) is 2. The predicted molar refractivity (Wildman–Crippen MR) is 47.0 cm³/mol. The Morgan fingerprint density at radius 3 is 2.00 bits per heavy atom. The first-order valence-corrected chi connectivity index (χ1v) is 3.67. The minimum atomic E-state index is -0.811. The number of rotatable bonds is 3. The standard InChI is InChI=1S/C9H10NO3/c1-12-6-4-3-5-7(13-2)8(6)9(10)11/h3-5,10H,1-2H3. The van der Waals surface area contributed by atoms with Crippen LogP contribution in [-0.4, -0.2) is 20.1 Å². The van der Waals surface area contributed by atoms with Crippen molar-refractivity contribution >= 4 is 5.91 Å². The fraction of sp³-hybridized carbons (Fsp3) is 0.222. The molecular formula is C9H10NO3. The highest BCUT2D eigenvalue weighted by atomic mass is 16.5. The molecule has 4 nitrogen and oxygen atoms in total. The summed E-state index contributed by atoms with van der Waals surface area (Å²) in [4.78, 5) is 10.9. The fourth-order valence-corrected chi connectivity index (χ4v) is 1.07. The molecule has 1 radical (unpaired) electrons. The molecule has 0 aliphatic rings. The lowest BCUT2D eigenvalue weighted by Crippen LogP contribution is -2.04. The van der Waals surface area contributed by atoms with Gasteiger partial charge in [-0.25, -0.2) is 0 Å². The van der Waals surface area contributed by atoms with E-state index in [1.54, 1.807) is 18.2 Å². The molecule has 13 heavy (non-hydrogen) atoms. The van der Waals surface area contributed by atoms with Crippen LogP contribution in [0.15, 0.2) is 18.2 Å². The van der Waals surface area contributed by atoms with E-state index in [-0.39, 0.29) is 5.56 Å². The zero-order valence-corrected chi connectivity index (χ0v) is 7.46.